The number of aliphatic hydroxyl groups is 1. The number of nitrogen functional groups attached to an aromatic ring is 1. The lowest BCUT2D eigenvalue weighted by atomic mass is 10.1. The molecule has 2 aromatic rings. The molecule has 10 heteroatoms. The second-order valence-electron chi connectivity index (χ2n) is 9.27. The number of aromatic nitrogens is 4. The van der Waals surface area contributed by atoms with Crippen molar-refractivity contribution in [3.63, 3.8) is 0 Å². The van der Waals surface area contributed by atoms with Crippen molar-refractivity contribution in [1.29, 1.82) is 0 Å². The molecule has 0 bridgehead atoms. The fourth-order valence-electron chi connectivity index (χ4n) is 4.51. The van der Waals surface area contributed by atoms with Crippen LogP contribution in [-0.4, -0.2) is 86.6 Å². The van der Waals surface area contributed by atoms with Crippen molar-refractivity contribution in [2.24, 2.45) is 0 Å². The predicted octanol–water partition coefficient (Wildman–Crippen LogP) is 2.77. The standard InChI is InChI=1S/C24H42N8O2/c25-22-21-23(27-19-26-21)30-24(29-22)28-20(34)11-9-7-5-3-1-2-4-6-8-10-12-31-13-15-32(16-14-31)17-18-33/h19,33H,1-18H2,(H4,25,26,27,28,29,30,34). The summed E-state index contributed by atoms with van der Waals surface area (Å²) in [4.78, 5) is 32.3. The van der Waals surface area contributed by atoms with Gasteiger partial charge < -0.3 is 20.7 Å². The Balaban J connectivity index is 1.10. The number of rotatable bonds is 16. The number of piperazine rings is 1. The fraction of sp³-hybridized carbons (Fsp3) is 0.750. The molecular weight excluding hydrogens is 432 g/mol. The Hall–Kier alpha value is -2.30. The number of nitrogens with zero attached hydrogens (tertiary/aromatic N) is 5. The lowest BCUT2D eigenvalue weighted by molar-refractivity contribution is -0.116. The van der Waals surface area contributed by atoms with Gasteiger partial charge in [0.15, 0.2) is 11.5 Å². The highest BCUT2D eigenvalue weighted by Crippen LogP contribution is 2.16. The quantitative estimate of drug-likeness (QED) is 0.273. The number of anilines is 2. The summed E-state index contributed by atoms with van der Waals surface area (Å²) >= 11 is 0. The van der Waals surface area contributed by atoms with Crippen LogP contribution in [0.1, 0.15) is 70.6 Å². The van der Waals surface area contributed by atoms with Crippen LogP contribution in [0, 0.1) is 0 Å². The Morgan fingerprint density at radius 1 is 0.912 bits per heavy atom. The smallest absolute Gasteiger partial charge is 0.233 e. The molecule has 5 N–H and O–H groups in total. The minimum atomic E-state index is -0.0821. The van der Waals surface area contributed by atoms with Gasteiger partial charge in [-0.1, -0.05) is 51.4 Å². The largest absolute Gasteiger partial charge is 0.395 e. The first kappa shape index (κ1) is 26.3. The number of aromatic amines is 1. The molecule has 0 saturated carbocycles. The summed E-state index contributed by atoms with van der Waals surface area (Å²) in [6.07, 6.45) is 14.2. The second kappa shape index (κ2) is 14.9. The zero-order valence-corrected chi connectivity index (χ0v) is 20.5. The van der Waals surface area contributed by atoms with Crippen LogP contribution in [0.5, 0.6) is 0 Å². The van der Waals surface area contributed by atoms with Crippen LogP contribution in [0.4, 0.5) is 11.8 Å². The van der Waals surface area contributed by atoms with Crippen LogP contribution in [-0.2, 0) is 4.79 Å². The number of aliphatic hydroxyl groups excluding tert-OH is 1. The highest BCUT2D eigenvalue weighted by atomic mass is 16.3. The molecule has 2 aromatic heterocycles. The first-order chi connectivity index (χ1) is 16.7. The molecule has 10 nitrogen and oxygen atoms in total. The maximum atomic E-state index is 12.1. The fourth-order valence-corrected chi connectivity index (χ4v) is 4.51. The van der Waals surface area contributed by atoms with Crippen molar-refractivity contribution in [2.75, 3.05) is 56.9 Å². The molecule has 190 valence electrons. The molecule has 0 atom stereocenters. The first-order valence-corrected chi connectivity index (χ1v) is 13.0. The van der Waals surface area contributed by atoms with E-state index in [0.29, 0.717) is 17.6 Å². The summed E-state index contributed by atoms with van der Waals surface area (Å²) in [6, 6.07) is 0. The van der Waals surface area contributed by atoms with Gasteiger partial charge in [-0.2, -0.15) is 9.97 Å². The third-order valence-electron chi connectivity index (χ3n) is 6.57. The molecule has 1 aliphatic rings. The van der Waals surface area contributed by atoms with Gasteiger partial charge in [-0.05, 0) is 19.4 Å². The van der Waals surface area contributed by atoms with Gasteiger partial charge >= 0.3 is 0 Å². The van der Waals surface area contributed by atoms with E-state index in [2.05, 4.69) is 35.1 Å². The van der Waals surface area contributed by atoms with Crippen molar-refractivity contribution in [2.45, 2.75) is 70.6 Å². The second-order valence-corrected chi connectivity index (χ2v) is 9.27. The monoisotopic (exact) mass is 474 g/mol. The normalized spacial score (nSPS) is 15.2. The van der Waals surface area contributed by atoms with Crippen molar-refractivity contribution < 1.29 is 9.90 Å². The molecule has 1 saturated heterocycles. The number of fused-ring (bicyclic) bond motifs is 1. The summed E-state index contributed by atoms with van der Waals surface area (Å²) in [5.41, 5.74) is 6.89. The molecule has 0 spiro atoms. The number of β-amino-alcohol motifs (C(OH)–C–C–N with tert-alkyl or cyclic N) is 1. The van der Waals surface area contributed by atoms with Gasteiger partial charge in [0.05, 0.1) is 12.9 Å². The van der Waals surface area contributed by atoms with E-state index in [1.165, 1.54) is 64.2 Å². The number of imidazole rings is 1. The number of nitrogens with one attached hydrogen (secondary N) is 2. The molecule has 34 heavy (non-hydrogen) atoms. The summed E-state index contributed by atoms with van der Waals surface area (Å²) < 4.78 is 0. The van der Waals surface area contributed by atoms with Crippen LogP contribution in [0.2, 0.25) is 0 Å². The summed E-state index contributed by atoms with van der Waals surface area (Å²) in [5, 5.41) is 11.7. The van der Waals surface area contributed by atoms with Gasteiger partial charge in [-0.3, -0.25) is 15.0 Å². The van der Waals surface area contributed by atoms with Gasteiger partial charge in [0.1, 0.15) is 5.52 Å². The van der Waals surface area contributed by atoms with E-state index < -0.39 is 0 Å². The van der Waals surface area contributed by atoms with Crippen LogP contribution >= 0.6 is 0 Å². The Bertz CT molecular complexity index is 851. The van der Waals surface area contributed by atoms with Crippen LogP contribution in [0.15, 0.2) is 6.33 Å². The third kappa shape index (κ3) is 9.15. The minimum absolute atomic E-state index is 0.0821. The van der Waals surface area contributed by atoms with Gasteiger partial charge in [0, 0.05) is 39.1 Å². The maximum absolute atomic E-state index is 12.1. The topological polar surface area (TPSA) is 136 Å². The molecule has 0 radical (unpaired) electrons. The number of amides is 1. The Morgan fingerprint density at radius 3 is 2.15 bits per heavy atom. The van der Waals surface area contributed by atoms with Gasteiger partial charge in [0.25, 0.3) is 0 Å². The van der Waals surface area contributed by atoms with Crippen LogP contribution in [0.3, 0.4) is 0 Å². The summed E-state index contributed by atoms with van der Waals surface area (Å²) in [7, 11) is 0. The average Bonchev–Trinajstić information content (AvgIpc) is 3.30. The predicted molar refractivity (Wildman–Crippen MR) is 135 cm³/mol. The van der Waals surface area contributed by atoms with E-state index in [4.69, 9.17) is 10.8 Å². The van der Waals surface area contributed by atoms with Crippen molar-refractivity contribution in [1.82, 2.24) is 29.7 Å². The highest BCUT2D eigenvalue weighted by Gasteiger charge is 2.15. The number of carbonyl (C=O) groups excluding carboxylic acids is 1. The molecular formula is C24H42N8O2. The van der Waals surface area contributed by atoms with E-state index in [-0.39, 0.29) is 24.3 Å². The van der Waals surface area contributed by atoms with Crippen molar-refractivity contribution in [3.8, 4) is 0 Å². The molecule has 0 unspecified atom stereocenters. The Morgan fingerprint density at radius 2 is 1.50 bits per heavy atom. The third-order valence-corrected chi connectivity index (χ3v) is 6.57. The van der Waals surface area contributed by atoms with Crippen LogP contribution in [0.25, 0.3) is 11.2 Å². The maximum Gasteiger partial charge on any atom is 0.233 e. The molecule has 1 amide bonds. The molecule has 3 rings (SSSR count). The number of H-pyrrole nitrogens is 1. The van der Waals surface area contributed by atoms with Gasteiger partial charge in [0.2, 0.25) is 11.9 Å². The zero-order valence-electron chi connectivity index (χ0n) is 20.5. The molecule has 1 fully saturated rings. The van der Waals surface area contributed by atoms with Gasteiger partial charge in [-0.15, -0.1) is 0 Å². The minimum Gasteiger partial charge on any atom is -0.395 e. The number of carbonyl (C=O) groups is 1. The van der Waals surface area contributed by atoms with E-state index in [1.807, 2.05) is 0 Å². The molecule has 0 aliphatic carbocycles. The lowest BCUT2D eigenvalue weighted by Gasteiger charge is -2.34. The lowest BCUT2D eigenvalue weighted by Crippen LogP contribution is -2.47. The molecule has 0 aromatic carbocycles. The molecule has 1 aliphatic heterocycles. The summed E-state index contributed by atoms with van der Waals surface area (Å²) in [6.45, 7) is 6.79. The number of hydrogen-bond donors (Lipinski definition) is 4. The highest BCUT2D eigenvalue weighted by molar-refractivity contribution is 5.91. The first-order valence-electron chi connectivity index (χ1n) is 13.0. The Kier molecular flexibility index (Phi) is 11.5. The van der Waals surface area contributed by atoms with Crippen LogP contribution < -0.4 is 11.1 Å². The Labute approximate surface area is 202 Å². The van der Waals surface area contributed by atoms with E-state index in [0.717, 1.165) is 45.6 Å². The van der Waals surface area contributed by atoms with Gasteiger partial charge in [-0.25, -0.2) is 4.98 Å². The van der Waals surface area contributed by atoms with E-state index in [9.17, 15) is 4.79 Å². The summed E-state index contributed by atoms with van der Waals surface area (Å²) in [5.74, 6) is 0.412. The number of hydrogen-bond acceptors (Lipinski definition) is 8. The average molecular weight is 475 g/mol. The van der Waals surface area contributed by atoms with Crippen molar-refractivity contribution >= 4 is 28.8 Å². The number of unbranched alkanes of at least 4 members (excludes halogenated alkanes) is 9. The zero-order chi connectivity index (χ0) is 24.0. The number of nitrogens with two attached hydrogens (primary N) is 1. The SMILES string of the molecule is Nc1nc(NC(=O)CCCCCCCCCCCCN2CCN(CCO)CC2)nc2nc[nH]c12. The van der Waals surface area contributed by atoms with Crippen molar-refractivity contribution in [3.05, 3.63) is 6.33 Å². The molecule has 3 heterocycles. The van der Waals surface area contributed by atoms with E-state index in [1.54, 1.807) is 0 Å². The van der Waals surface area contributed by atoms with E-state index >= 15 is 0 Å².